The number of benzene rings is 2. The molecule has 0 heterocycles. The molecule has 11 heteroatoms. The maximum Gasteiger partial charge on any atom is 0.273 e. The van der Waals surface area contributed by atoms with Gasteiger partial charge in [-0.2, -0.15) is 4.31 Å². The Kier molecular flexibility index (Phi) is 7.65. The molecule has 2 aromatic carbocycles. The van der Waals surface area contributed by atoms with Crippen LogP contribution in [0.4, 0.5) is 0 Å². The van der Waals surface area contributed by atoms with Crippen LogP contribution < -0.4 is 15.6 Å². The number of halogens is 1. The lowest BCUT2D eigenvalue weighted by Crippen LogP contribution is -2.41. The van der Waals surface area contributed by atoms with Crippen LogP contribution in [0.3, 0.4) is 0 Å². The van der Waals surface area contributed by atoms with E-state index in [2.05, 4.69) is 10.9 Å². The minimum atomic E-state index is -3.89. The highest BCUT2D eigenvalue weighted by Crippen LogP contribution is 2.28. The molecule has 0 aromatic heterocycles. The van der Waals surface area contributed by atoms with Crippen molar-refractivity contribution in [2.45, 2.75) is 18.7 Å². The van der Waals surface area contributed by atoms with Gasteiger partial charge < -0.3 is 9.84 Å². The van der Waals surface area contributed by atoms with E-state index in [4.69, 9.17) is 16.3 Å². The number of ether oxygens (including phenoxy) is 1. The average molecular weight is 456 g/mol. The highest BCUT2D eigenvalue weighted by molar-refractivity contribution is 7.89. The normalized spacial score (nSPS) is 11.2. The Morgan fingerprint density at radius 1 is 1.07 bits per heavy atom. The molecule has 0 bridgehead atoms. The van der Waals surface area contributed by atoms with E-state index in [0.29, 0.717) is 0 Å². The topological polar surface area (TPSA) is 125 Å². The number of carbonyl (C=O) groups excluding carboxylic acids is 2. The van der Waals surface area contributed by atoms with Crippen LogP contribution in [0.25, 0.3) is 0 Å². The number of sulfonamides is 1. The third-order valence-electron chi connectivity index (χ3n) is 4.24. The third-order valence-corrected chi connectivity index (χ3v) is 6.55. The molecule has 30 heavy (non-hydrogen) atoms. The SMILES string of the molecule is CCN(CC)S(=O)(=O)c1cc(C(=O)NNC(=O)c2cc(Cl)ccc2O)ccc1OC. The fraction of sp³-hybridized carbons (Fsp3) is 0.263. The van der Waals surface area contributed by atoms with Crippen molar-refractivity contribution in [3.8, 4) is 11.5 Å². The van der Waals surface area contributed by atoms with Crippen LogP contribution in [0, 0.1) is 0 Å². The molecule has 0 fully saturated rings. The fourth-order valence-electron chi connectivity index (χ4n) is 2.67. The second-order valence-corrected chi connectivity index (χ2v) is 8.37. The van der Waals surface area contributed by atoms with Crippen LogP contribution in [0.5, 0.6) is 11.5 Å². The lowest BCUT2D eigenvalue weighted by atomic mass is 10.2. The summed E-state index contributed by atoms with van der Waals surface area (Å²) in [7, 11) is -2.56. The van der Waals surface area contributed by atoms with Gasteiger partial charge in [0.05, 0.1) is 12.7 Å². The van der Waals surface area contributed by atoms with E-state index in [0.717, 1.165) is 0 Å². The van der Waals surface area contributed by atoms with Crippen LogP contribution in [-0.2, 0) is 10.0 Å². The Labute approximate surface area is 179 Å². The highest BCUT2D eigenvalue weighted by Gasteiger charge is 2.27. The van der Waals surface area contributed by atoms with Crippen molar-refractivity contribution in [3.63, 3.8) is 0 Å². The second-order valence-electron chi connectivity index (χ2n) is 6.02. The summed E-state index contributed by atoms with van der Waals surface area (Å²) in [5.74, 6) is -1.79. The lowest BCUT2D eigenvalue weighted by Gasteiger charge is -2.20. The molecule has 162 valence electrons. The fourth-order valence-corrected chi connectivity index (χ4v) is 4.48. The van der Waals surface area contributed by atoms with Crippen molar-refractivity contribution >= 4 is 33.4 Å². The molecular weight excluding hydrogens is 434 g/mol. The van der Waals surface area contributed by atoms with Crippen molar-refractivity contribution in [1.29, 1.82) is 0 Å². The van der Waals surface area contributed by atoms with E-state index in [1.54, 1.807) is 13.8 Å². The van der Waals surface area contributed by atoms with Gasteiger partial charge in [0, 0.05) is 23.7 Å². The number of nitrogens with one attached hydrogen (secondary N) is 2. The van der Waals surface area contributed by atoms with Gasteiger partial charge in [0.1, 0.15) is 16.4 Å². The molecule has 2 rings (SSSR count). The predicted octanol–water partition coefficient (Wildman–Crippen LogP) is 2.16. The van der Waals surface area contributed by atoms with E-state index in [1.807, 2.05) is 0 Å². The molecule has 3 N–H and O–H groups in total. The van der Waals surface area contributed by atoms with Gasteiger partial charge in [-0.25, -0.2) is 8.42 Å². The smallest absolute Gasteiger partial charge is 0.273 e. The van der Waals surface area contributed by atoms with E-state index < -0.39 is 21.8 Å². The van der Waals surface area contributed by atoms with Crippen LogP contribution in [0.15, 0.2) is 41.3 Å². The Bertz CT molecular complexity index is 1050. The number of nitrogens with zero attached hydrogens (tertiary/aromatic N) is 1. The number of hydrazine groups is 1. The van der Waals surface area contributed by atoms with Crippen LogP contribution in [0.1, 0.15) is 34.6 Å². The van der Waals surface area contributed by atoms with E-state index in [1.165, 1.54) is 47.8 Å². The maximum atomic E-state index is 12.9. The summed E-state index contributed by atoms with van der Waals surface area (Å²) in [6.07, 6.45) is 0. The zero-order valence-corrected chi connectivity index (χ0v) is 18.2. The van der Waals surface area contributed by atoms with Gasteiger partial charge in [-0.3, -0.25) is 20.4 Å². The van der Waals surface area contributed by atoms with E-state index in [-0.39, 0.29) is 45.6 Å². The van der Waals surface area contributed by atoms with Crippen LogP contribution in [0.2, 0.25) is 5.02 Å². The first-order valence-corrected chi connectivity index (χ1v) is 10.7. The van der Waals surface area contributed by atoms with Crippen molar-refractivity contribution < 1.29 is 27.9 Å². The van der Waals surface area contributed by atoms with E-state index >= 15 is 0 Å². The zero-order chi connectivity index (χ0) is 22.5. The first-order valence-electron chi connectivity index (χ1n) is 8.93. The summed E-state index contributed by atoms with van der Waals surface area (Å²) in [4.78, 5) is 24.5. The monoisotopic (exact) mass is 455 g/mol. The van der Waals surface area contributed by atoms with Crippen molar-refractivity contribution in [2.75, 3.05) is 20.2 Å². The Balaban J connectivity index is 2.26. The Morgan fingerprint density at radius 3 is 2.30 bits per heavy atom. The lowest BCUT2D eigenvalue weighted by molar-refractivity contribution is 0.0845. The number of carbonyl (C=O) groups is 2. The van der Waals surface area contributed by atoms with Crippen LogP contribution in [-0.4, -0.2) is 49.8 Å². The number of rotatable bonds is 7. The molecule has 0 aliphatic heterocycles. The minimum absolute atomic E-state index is 0.0165. The first kappa shape index (κ1) is 23.5. The number of aromatic hydroxyl groups is 1. The molecule has 9 nitrogen and oxygen atoms in total. The minimum Gasteiger partial charge on any atom is -0.507 e. The van der Waals surface area contributed by atoms with Crippen molar-refractivity contribution in [1.82, 2.24) is 15.2 Å². The van der Waals surface area contributed by atoms with Gasteiger partial charge in [0.25, 0.3) is 11.8 Å². The third kappa shape index (κ3) is 5.02. The average Bonchev–Trinajstić information content (AvgIpc) is 2.73. The predicted molar refractivity (Wildman–Crippen MR) is 111 cm³/mol. The highest BCUT2D eigenvalue weighted by atomic mass is 35.5. The van der Waals surface area contributed by atoms with Crippen LogP contribution >= 0.6 is 11.6 Å². The van der Waals surface area contributed by atoms with E-state index in [9.17, 15) is 23.1 Å². The number of methoxy groups -OCH3 is 1. The molecule has 0 saturated heterocycles. The van der Waals surface area contributed by atoms with Gasteiger partial charge in [0.15, 0.2) is 0 Å². The van der Waals surface area contributed by atoms with Gasteiger partial charge >= 0.3 is 0 Å². The number of hydrogen-bond acceptors (Lipinski definition) is 6. The summed E-state index contributed by atoms with van der Waals surface area (Å²) in [5, 5.41) is 9.98. The largest absolute Gasteiger partial charge is 0.507 e. The number of phenols is 1. The molecule has 0 saturated carbocycles. The number of amides is 2. The molecule has 0 aliphatic carbocycles. The summed E-state index contributed by atoms with van der Waals surface area (Å²) in [5.41, 5.74) is 4.17. The molecule has 0 spiro atoms. The molecular formula is C19H22ClN3O6S. The quantitative estimate of drug-likeness (QED) is 0.549. The summed E-state index contributed by atoms with van der Waals surface area (Å²) in [6.45, 7) is 3.89. The molecule has 0 atom stereocenters. The molecule has 0 radical (unpaired) electrons. The molecule has 0 unspecified atom stereocenters. The molecule has 2 aromatic rings. The second kappa shape index (κ2) is 9.79. The summed E-state index contributed by atoms with van der Waals surface area (Å²) in [6, 6.07) is 7.77. The van der Waals surface area contributed by atoms with Gasteiger partial charge in [0.2, 0.25) is 10.0 Å². The van der Waals surface area contributed by atoms with Gasteiger partial charge in [-0.1, -0.05) is 25.4 Å². The Morgan fingerprint density at radius 2 is 1.70 bits per heavy atom. The summed E-state index contributed by atoms with van der Waals surface area (Å²) < 4.78 is 32.1. The van der Waals surface area contributed by atoms with Gasteiger partial charge in [-0.05, 0) is 36.4 Å². The standard InChI is InChI=1S/C19H22ClN3O6S/c1-4-23(5-2)30(27,28)17-10-12(6-9-16(17)29-3)18(25)21-22-19(26)14-11-13(20)7-8-15(14)24/h6-11,24H,4-5H2,1-3H3,(H,21,25)(H,22,26). The molecule has 0 aliphatic rings. The summed E-state index contributed by atoms with van der Waals surface area (Å²) >= 11 is 5.81. The maximum absolute atomic E-state index is 12.9. The van der Waals surface area contributed by atoms with Crippen molar-refractivity contribution in [3.05, 3.63) is 52.5 Å². The molecule has 2 amide bonds. The number of phenolic OH excluding ortho intramolecular Hbond substituents is 1. The number of hydrogen-bond donors (Lipinski definition) is 3. The van der Waals surface area contributed by atoms with Crippen molar-refractivity contribution in [2.24, 2.45) is 0 Å². The zero-order valence-electron chi connectivity index (χ0n) is 16.6. The Hall–Kier alpha value is -2.82. The van der Waals surface area contributed by atoms with Gasteiger partial charge in [-0.15, -0.1) is 0 Å². The first-order chi connectivity index (χ1) is 14.1.